The molecule has 0 aromatic carbocycles. The Balaban J connectivity index is 5.90. The molecule has 0 rings (SSSR count). The Morgan fingerprint density at radius 2 is 1.28 bits per heavy atom. The summed E-state index contributed by atoms with van der Waals surface area (Å²) in [4.78, 5) is 27.9. The van der Waals surface area contributed by atoms with Gasteiger partial charge in [-0.15, -0.1) is 5.01 Å². The fourth-order valence-corrected chi connectivity index (χ4v) is 1.55. The second kappa shape index (κ2) is 7.92. The van der Waals surface area contributed by atoms with Crippen molar-refractivity contribution in [1.82, 2.24) is 10.0 Å². The molecule has 0 aliphatic heterocycles. The lowest BCUT2D eigenvalue weighted by atomic mass is 10.2. The number of alkyl halides is 3. The molecule has 0 saturated carbocycles. The molecule has 0 aromatic heterocycles. The molecule has 7 nitrogen and oxygen atoms in total. The third-order valence-electron chi connectivity index (χ3n) is 2.30. The van der Waals surface area contributed by atoms with Crippen molar-refractivity contribution in [2.75, 3.05) is 13.6 Å². The molecule has 0 saturated heterocycles. The van der Waals surface area contributed by atoms with Crippen molar-refractivity contribution in [2.45, 2.75) is 65.8 Å². The largest absolute Gasteiger partial charge is 0.450 e. The zero-order chi connectivity index (χ0) is 20.2. The smallest absolute Gasteiger partial charge is 0.442 e. The molecular weight excluding hydrogens is 343 g/mol. The first-order valence-electron chi connectivity index (χ1n) is 7.61. The van der Waals surface area contributed by atoms with E-state index in [2.05, 4.69) is 4.99 Å². The normalized spacial score (nSPS) is 13.3. The standard InChI is InChI=1S/C15H26F3N3O4/c1-9-19-10(15(16,17)18)20(8)21(11(22)24-13(2,3)4)12(23)25-14(5,6)7/h9H2,1-8H3. The first-order valence-corrected chi connectivity index (χ1v) is 7.61. The van der Waals surface area contributed by atoms with E-state index in [0.29, 0.717) is 0 Å². The Kier molecular flexibility index (Phi) is 7.29. The highest BCUT2D eigenvalue weighted by atomic mass is 19.4. The summed E-state index contributed by atoms with van der Waals surface area (Å²) in [5, 5.41) is 0.421. The van der Waals surface area contributed by atoms with Crippen molar-refractivity contribution < 1.29 is 32.2 Å². The number of carbonyl (C=O) groups excluding carboxylic acids is 2. The highest BCUT2D eigenvalue weighted by Crippen LogP contribution is 2.23. The lowest BCUT2D eigenvalue weighted by molar-refractivity contribution is -0.0843. The van der Waals surface area contributed by atoms with E-state index in [9.17, 15) is 22.8 Å². The predicted octanol–water partition coefficient (Wildman–Crippen LogP) is 3.99. The molecule has 0 aliphatic rings. The number of nitrogens with zero attached hydrogens (tertiary/aromatic N) is 3. The summed E-state index contributed by atoms with van der Waals surface area (Å²) in [6.07, 6.45) is -7.50. The maximum atomic E-state index is 13.2. The number of hydrogen-bond acceptors (Lipinski definition) is 5. The Bertz CT molecular complexity index is 492. The number of amides is 2. The maximum Gasteiger partial charge on any atom is 0.450 e. The van der Waals surface area contributed by atoms with E-state index in [1.54, 1.807) is 0 Å². The van der Waals surface area contributed by atoms with Gasteiger partial charge in [0.15, 0.2) is 0 Å². The van der Waals surface area contributed by atoms with Gasteiger partial charge in [-0.05, 0) is 48.5 Å². The average Bonchev–Trinajstić information content (AvgIpc) is 2.29. The van der Waals surface area contributed by atoms with E-state index in [-0.39, 0.29) is 16.6 Å². The number of hydrogen-bond donors (Lipinski definition) is 0. The SMILES string of the molecule is CCN=C(N(C)N(C(=O)OC(C)(C)C)C(=O)OC(C)(C)C)C(F)(F)F. The minimum Gasteiger partial charge on any atom is -0.442 e. The van der Waals surface area contributed by atoms with Crippen LogP contribution < -0.4 is 0 Å². The molecule has 0 aliphatic carbocycles. The summed E-state index contributed by atoms with van der Waals surface area (Å²) in [6.45, 7) is 10.3. The molecule has 0 atom stereocenters. The van der Waals surface area contributed by atoms with Gasteiger partial charge in [0, 0.05) is 13.6 Å². The van der Waals surface area contributed by atoms with Crippen molar-refractivity contribution in [1.29, 1.82) is 0 Å². The molecule has 0 spiro atoms. The van der Waals surface area contributed by atoms with Crippen LogP contribution in [0.15, 0.2) is 4.99 Å². The Morgan fingerprint density at radius 3 is 1.52 bits per heavy atom. The van der Waals surface area contributed by atoms with E-state index >= 15 is 0 Å². The van der Waals surface area contributed by atoms with E-state index in [1.165, 1.54) is 48.5 Å². The van der Waals surface area contributed by atoms with Gasteiger partial charge >= 0.3 is 18.4 Å². The molecule has 0 fully saturated rings. The number of imide groups is 1. The van der Waals surface area contributed by atoms with Crippen molar-refractivity contribution in [3.05, 3.63) is 0 Å². The van der Waals surface area contributed by atoms with Gasteiger partial charge in [-0.1, -0.05) is 0 Å². The lowest BCUT2D eigenvalue weighted by Crippen LogP contribution is -2.56. The van der Waals surface area contributed by atoms with Gasteiger partial charge in [0.25, 0.3) is 0 Å². The summed E-state index contributed by atoms with van der Waals surface area (Å²) < 4.78 is 49.7. The van der Waals surface area contributed by atoms with Crippen molar-refractivity contribution in [2.24, 2.45) is 4.99 Å². The van der Waals surface area contributed by atoms with E-state index in [4.69, 9.17) is 9.47 Å². The third-order valence-corrected chi connectivity index (χ3v) is 2.30. The quantitative estimate of drug-likeness (QED) is 0.397. The third kappa shape index (κ3) is 8.08. The second-order valence-corrected chi connectivity index (χ2v) is 7.09. The molecule has 0 radical (unpaired) electrons. The predicted molar refractivity (Wildman–Crippen MR) is 86.1 cm³/mol. The number of rotatable bonds is 1. The number of amidine groups is 1. The summed E-state index contributed by atoms with van der Waals surface area (Å²) in [6, 6.07) is 0. The molecule has 10 heteroatoms. The van der Waals surface area contributed by atoms with Crippen LogP contribution >= 0.6 is 0 Å². The topological polar surface area (TPSA) is 71.4 Å². The van der Waals surface area contributed by atoms with Crippen LogP contribution in [0.4, 0.5) is 22.8 Å². The lowest BCUT2D eigenvalue weighted by Gasteiger charge is -2.34. The Hall–Kier alpha value is -2.00. The van der Waals surface area contributed by atoms with Gasteiger partial charge in [-0.3, -0.25) is 10.0 Å². The van der Waals surface area contributed by atoms with Crippen LogP contribution in [0.1, 0.15) is 48.5 Å². The van der Waals surface area contributed by atoms with Gasteiger partial charge < -0.3 is 9.47 Å². The highest BCUT2D eigenvalue weighted by Gasteiger charge is 2.45. The number of halogens is 3. The summed E-state index contributed by atoms with van der Waals surface area (Å²) in [5.74, 6) is -1.42. The first-order chi connectivity index (χ1) is 11.0. The monoisotopic (exact) mass is 369 g/mol. The molecule has 2 amide bonds. The molecule has 0 N–H and O–H groups in total. The summed E-state index contributed by atoms with van der Waals surface area (Å²) in [5.41, 5.74) is -2.06. The van der Waals surface area contributed by atoms with Gasteiger partial charge in [0.2, 0.25) is 5.84 Å². The van der Waals surface area contributed by atoms with E-state index in [1.807, 2.05) is 0 Å². The van der Waals surface area contributed by atoms with Crippen LogP contribution in [0.3, 0.4) is 0 Å². The van der Waals surface area contributed by atoms with Crippen LogP contribution in [0.5, 0.6) is 0 Å². The summed E-state index contributed by atoms with van der Waals surface area (Å²) >= 11 is 0. The zero-order valence-corrected chi connectivity index (χ0v) is 15.8. The number of hydrazine groups is 1. The Labute approximate surface area is 145 Å². The molecular formula is C15H26F3N3O4. The van der Waals surface area contributed by atoms with Crippen molar-refractivity contribution in [3.8, 4) is 0 Å². The first kappa shape index (κ1) is 23.0. The molecule has 0 unspecified atom stereocenters. The fraction of sp³-hybridized carbons (Fsp3) is 0.800. The van der Waals surface area contributed by atoms with E-state index < -0.39 is 35.4 Å². The fourth-order valence-electron chi connectivity index (χ4n) is 1.55. The van der Waals surface area contributed by atoms with Gasteiger partial charge in [0.05, 0.1) is 0 Å². The number of carbonyl (C=O) groups is 2. The molecule has 146 valence electrons. The number of ether oxygens (including phenoxy) is 2. The van der Waals surface area contributed by atoms with Crippen molar-refractivity contribution in [3.63, 3.8) is 0 Å². The molecule has 25 heavy (non-hydrogen) atoms. The highest BCUT2D eigenvalue weighted by molar-refractivity contribution is 5.94. The van der Waals surface area contributed by atoms with Crippen LogP contribution in [0.2, 0.25) is 0 Å². The molecule has 0 bridgehead atoms. The van der Waals surface area contributed by atoms with Gasteiger partial charge in [-0.25, -0.2) is 9.59 Å². The van der Waals surface area contributed by atoms with E-state index in [0.717, 1.165) is 7.05 Å². The van der Waals surface area contributed by atoms with Gasteiger partial charge in [-0.2, -0.15) is 13.2 Å². The molecule has 0 aromatic rings. The van der Waals surface area contributed by atoms with Crippen LogP contribution in [-0.4, -0.2) is 59.0 Å². The van der Waals surface area contributed by atoms with Crippen LogP contribution in [-0.2, 0) is 9.47 Å². The van der Waals surface area contributed by atoms with Crippen molar-refractivity contribution >= 4 is 18.0 Å². The second-order valence-electron chi connectivity index (χ2n) is 7.09. The minimum absolute atomic E-state index is 0.137. The minimum atomic E-state index is -4.88. The molecule has 0 heterocycles. The number of aliphatic imine (C=N–C) groups is 1. The maximum absolute atomic E-state index is 13.2. The van der Waals surface area contributed by atoms with Gasteiger partial charge in [0.1, 0.15) is 11.2 Å². The van der Waals surface area contributed by atoms with Crippen LogP contribution in [0, 0.1) is 0 Å². The summed E-state index contributed by atoms with van der Waals surface area (Å²) in [7, 11) is 0.885. The van der Waals surface area contributed by atoms with Crippen LogP contribution in [0.25, 0.3) is 0 Å². The average molecular weight is 369 g/mol. The zero-order valence-electron chi connectivity index (χ0n) is 15.8. The Morgan fingerprint density at radius 1 is 0.920 bits per heavy atom.